The summed E-state index contributed by atoms with van der Waals surface area (Å²) in [5.41, 5.74) is 7.70. The van der Waals surface area contributed by atoms with Crippen molar-refractivity contribution in [3.63, 3.8) is 0 Å². The summed E-state index contributed by atoms with van der Waals surface area (Å²) in [5.74, 6) is 0.506. The quantitative estimate of drug-likeness (QED) is 0.876. The summed E-state index contributed by atoms with van der Waals surface area (Å²) in [6, 6.07) is 12.4. The SMILES string of the molecule is COc1cccc(C(=O)N(C)c2ccc(Br)cc2N)c1. The summed E-state index contributed by atoms with van der Waals surface area (Å²) < 4.78 is 6.00. The van der Waals surface area contributed by atoms with E-state index < -0.39 is 0 Å². The Hall–Kier alpha value is -2.01. The van der Waals surface area contributed by atoms with Gasteiger partial charge in [-0.3, -0.25) is 4.79 Å². The zero-order valence-electron chi connectivity index (χ0n) is 11.3. The van der Waals surface area contributed by atoms with E-state index in [4.69, 9.17) is 10.5 Å². The van der Waals surface area contributed by atoms with E-state index >= 15 is 0 Å². The Kier molecular flexibility index (Phi) is 4.29. The molecule has 2 rings (SSSR count). The van der Waals surface area contributed by atoms with Gasteiger partial charge in [-0.2, -0.15) is 0 Å². The molecule has 0 bridgehead atoms. The van der Waals surface area contributed by atoms with Crippen molar-refractivity contribution in [3.05, 3.63) is 52.5 Å². The monoisotopic (exact) mass is 334 g/mol. The molecule has 0 heterocycles. The first-order valence-corrected chi connectivity index (χ1v) is 6.79. The van der Waals surface area contributed by atoms with Gasteiger partial charge in [0.25, 0.3) is 5.91 Å². The number of methoxy groups -OCH3 is 1. The lowest BCUT2D eigenvalue weighted by Crippen LogP contribution is -2.27. The summed E-state index contributed by atoms with van der Waals surface area (Å²) in [7, 11) is 3.27. The average Bonchev–Trinajstić information content (AvgIpc) is 2.46. The minimum Gasteiger partial charge on any atom is -0.497 e. The van der Waals surface area contributed by atoms with Crippen molar-refractivity contribution in [2.45, 2.75) is 0 Å². The number of nitrogens with two attached hydrogens (primary N) is 1. The molecule has 0 unspecified atom stereocenters. The maximum Gasteiger partial charge on any atom is 0.258 e. The lowest BCUT2D eigenvalue weighted by atomic mass is 10.1. The van der Waals surface area contributed by atoms with Gasteiger partial charge in [0.15, 0.2) is 0 Å². The molecule has 4 nitrogen and oxygen atoms in total. The molecule has 2 aromatic carbocycles. The fraction of sp³-hybridized carbons (Fsp3) is 0.133. The molecule has 0 aromatic heterocycles. The summed E-state index contributed by atoms with van der Waals surface area (Å²) >= 11 is 3.35. The first kappa shape index (κ1) is 14.4. The minimum atomic E-state index is -0.141. The van der Waals surface area contributed by atoms with E-state index in [0.29, 0.717) is 22.7 Å². The lowest BCUT2D eigenvalue weighted by molar-refractivity contribution is 0.0993. The Morgan fingerprint density at radius 2 is 2.00 bits per heavy atom. The van der Waals surface area contributed by atoms with Crippen LogP contribution in [0, 0.1) is 0 Å². The third-order valence-electron chi connectivity index (χ3n) is 2.97. The Bertz CT molecular complexity index is 644. The van der Waals surface area contributed by atoms with Gasteiger partial charge in [0.2, 0.25) is 0 Å². The molecule has 0 aliphatic carbocycles. The molecule has 20 heavy (non-hydrogen) atoms. The van der Waals surface area contributed by atoms with Crippen LogP contribution >= 0.6 is 15.9 Å². The number of amides is 1. The number of nitrogens with zero attached hydrogens (tertiary/aromatic N) is 1. The van der Waals surface area contributed by atoms with Crippen LogP contribution in [0.15, 0.2) is 46.9 Å². The van der Waals surface area contributed by atoms with Gasteiger partial charge in [0.05, 0.1) is 18.5 Å². The van der Waals surface area contributed by atoms with Gasteiger partial charge in [-0.1, -0.05) is 22.0 Å². The molecule has 0 radical (unpaired) electrons. The Morgan fingerprint density at radius 1 is 1.25 bits per heavy atom. The number of benzene rings is 2. The van der Waals surface area contributed by atoms with E-state index in [1.54, 1.807) is 50.6 Å². The predicted molar refractivity (Wildman–Crippen MR) is 84.3 cm³/mol. The first-order chi connectivity index (χ1) is 9.52. The number of carbonyl (C=O) groups is 1. The average molecular weight is 335 g/mol. The third kappa shape index (κ3) is 2.93. The number of hydrogen-bond acceptors (Lipinski definition) is 3. The van der Waals surface area contributed by atoms with Crippen LogP contribution in [0.1, 0.15) is 10.4 Å². The van der Waals surface area contributed by atoms with Gasteiger partial charge in [-0.25, -0.2) is 0 Å². The summed E-state index contributed by atoms with van der Waals surface area (Å²) in [5, 5.41) is 0. The molecule has 0 atom stereocenters. The fourth-order valence-corrected chi connectivity index (χ4v) is 2.27. The Morgan fingerprint density at radius 3 is 2.65 bits per heavy atom. The van der Waals surface area contributed by atoms with E-state index in [1.807, 2.05) is 6.07 Å². The van der Waals surface area contributed by atoms with E-state index in [0.717, 1.165) is 4.47 Å². The van der Waals surface area contributed by atoms with Crippen molar-refractivity contribution in [3.8, 4) is 5.75 Å². The van der Waals surface area contributed by atoms with Gasteiger partial charge in [0, 0.05) is 17.1 Å². The topological polar surface area (TPSA) is 55.6 Å². The molecule has 0 aliphatic rings. The maximum absolute atomic E-state index is 12.5. The third-order valence-corrected chi connectivity index (χ3v) is 3.47. The standard InChI is InChI=1S/C15H15BrN2O2/c1-18(14-7-6-11(16)9-13(14)17)15(19)10-4-3-5-12(8-10)20-2/h3-9H,17H2,1-2H3. The van der Waals surface area contributed by atoms with Crippen LogP contribution < -0.4 is 15.4 Å². The van der Waals surface area contributed by atoms with E-state index in [2.05, 4.69) is 15.9 Å². The van der Waals surface area contributed by atoms with Crippen LogP contribution in [0.25, 0.3) is 0 Å². The second kappa shape index (κ2) is 5.96. The fourth-order valence-electron chi connectivity index (χ4n) is 1.89. The van der Waals surface area contributed by atoms with Crippen molar-refractivity contribution in [1.82, 2.24) is 0 Å². The Balaban J connectivity index is 2.32. The number of ether oxygens (including phenoxy) is 1. The number of rotatable bonds is 3. The largest absolute Gasteiger partial charge is 0.497 e. The maximum atomic E-state index is 12.5. The zero-order chi connectivity index (χ0) is 14.7. The molecule has 0 aliphatic heterocycles. The molecule has 1 amide bonds. The van der Waals surface area contributed by atoms with Crippen LogP contribution in [0.3, 0.4) is 0 Å². The van der Waals surface area contributed by atoms with Gasteiger partial charge >= 0.3 is 0 Å². The van der Waals surface area contributed by atoms with Crippen LogP contribution in [-0.4, -0.2) is 20.1 Å². The Labute approximate surface area is 126 Å². The summed E-state index contributed by atoms with van der Waals surface area (Å²) in [6.07, 6.45) is 0. The normalized spacial score (nSPS) is 10.2. The second-order valence-electron chi connectivity index (χ2n) is 4.30. The summed E-state index contributed by atoms with van der Waals surface area (Å²) in [4.78, 5) is 14.0. The highest BCUT2D eigenvalue weighted by atomic mass is 79.9. The van der Waals surface area contributed by atoms with Gasteiger partial charge in [-0.05, 0) is 36.4 Å². The molecule has 2 aromatic rings. The summed E-state index contributed by atoms with van der Waals surface area (Å²) in [6.45, 7) is 0. The molecule has 5 heteroatoms. The van der Waals surface area contributed by atoms with Crippen molar-refractivity contribution in [2.75, 3.05) is 24.8 Å². The number of hydrogen-bond donors (Lipinski definition) is 1. The van der Waals surface area contributed by atoms with Crippen molar-refractivity contribution in [2.24, 2.45) is 0 Å². The van der Waals surface area contributed by atoms with E-state index in [9.17, 15) is 4.79 Å². The zero-order valence-corrected chi connectivity index (χ0v) is 12.8. The molecule has 104 valence electrons. The number of halogens is 1. The molecule has 0 saturated heterocycles. The highest BCUT2D eigenvalue weighted by Gasteiger charge is 2.16. The van der Waals surface area contributed by atoms with Crippen molar-refractivity contribution < 1.29 is 9.53 Å². The molecule has 0 fully saturated rings. The number of carbonyl (C=O) groups excluding carboxylic acids is 1. The predicted octanol–water partition coefficient (Wildman–Crippen LogP) is 3.32. The first-order valence-electron chi connectivity index (χ1n) is 6.00. The lowest BCUT2D eigenvalue weighted by Gasteiger charge is -2.19. The second-order valence-corrected chi connectivity index (χ2v) is 5.21. The molecular weight excluding hydrogens is 320 g/mol. The van der Waals surface area contributed by atoms with Crippen molar-refractivity contribution in [1.29, 1.82) is 0 Å². The highest BCUT2D eigenvalue weighted by molar-refractivity contribution is 9.10. The molecule has 0 saturated carbocycles. The number of anilines is 2. The molecule has 2 N–H and O–H groups in total. The van der Waals surface area contributed by atoms with Gasteiger partial charge in [0.1, 0.15) is 5.75 Å². The number of nitrogen functional groups attached to an aromatic ring is 1. The van der Waals surface area contributed by atoms with Crippen LogP contribution in [0.2, 0.25) is 0 Å². The smallest absolute Gasteiger partial charge is 0.258 e. The van der Waals surface area contributed by atoms with E-state index in [-0.39, 0.29) is 5.91 Å². The van der Waals surface area contributed by atoms with Crippen LogP contribution in [0.4, 0.5) is 11.4 Å². The van der Waals surface area contributed by atoms with Crippen molar-refractivity contribution >= 4 is 33.2 Å². The minimum absolute atomic E-state index is 0.141. The van der Waals surface area contributed by atoms with Gasteiger partial charge in [-0.15, -0.1) is 0 Å². The van der Waals surface area contributed by atoms with Gasteiger partial charge < -0.3 is 15.4 Å². The molecular formula is C15H15BrN2O2. The van der Waals surface area contributed by atoms with Crippen LogP contribution in [0.5, 0.6) is 5.75 Å². The highest BCUT2D eigenvalue weighted by Crippen LogP contribution is 2.27. The van der Waals surface area contributed by atoms with Crippen LogP contribution in [-0.2, 0) is 0 Å². The molecule has 0 spiro atoms. The van der Waals surface area contributed by atoms with E-state index in [1.165, 1.54) is 4.90 Å².